The Bertz CT molecular complexity index is 602. The van der Waals surface area contributed by atoms with Crippen LogP contribution in [0.25, 0.3) is 0 Å². The topological polar surface area (TPSA) is 80.5 Å². The van der Waals surface area contributed by atoms with Gasteiger partial charge in [0, 0.05) is 35.1 Å². The second-order valence-electron chi connectivity index (χ2n) is 5.61. The quantitative estimate of drug-likeness (QED) is 0.776. The summed E-state index contributed by atoms with van der Waals surface area (Å²) in [5, 5.41) is 3.00. The fourth-order valence-corrected chi connectivity index (χ4v) is 2.85. The van der Waals surface area contributed by atoms with Crippen LogP contribution in [-0.2, 0) is 19.3 Å². The van der Waals surface area contributed by atoms with Crippen molar-refractivity contribution >= 4 is 31.5 Å². The number of anilines is 1. The minimum Gasteiger partial charge on any atom is -0.338 e. The molecule has 0 aromatic carbocycles. The summed E-state index contributed by atoms with van der Waals surface area (Å²) in [5.74, 6) is -0.0661. The fraction of sp³-hybridized carbons (Fsp3) is 0.636. The second kappa shape index (κ2) is 4.49. The third-order valence-electron chi connectivity index (χ3n) is 3.02. The normalized spacial score (nSPS) is 21.2. The van der Waals surface area contributed by atoms with Crippen LogP contribution in [0.1, 0.15) is 32.9 Å². The Morgan fingerprint density at radius 2 is 2.11 bits per heavy atom. The molecule has 0 bridgehead atoms. The number of hydrogen-bond acceptors (Lipinski definition) is 5. The first-order valence-electron chi connectivity index (χ1n) is 5.80. The van der Waals surface area contributed by atoms with Gasteiger partial charge in [0.1, 0.15) is 5.25 Å². The van der Waals surface area contributed by atoms with Gasteiger partial charge in [-0.1, -0.05) is 25.9 Å². The number of carbonyl (C=O) groups excluding carboxylic acids is 1. The Labute approximate surface area is 116 Å². The van der Waals surface area contributed by atoms with Crippen molar-refractivity contribution in [2.75, 3.05) is 11.4 Å². The highest BCUT2D eigenvalue weighted by molar-refractivity contribution is 8.14. The van der Waals surface area contributed by atoms with Crippen molar-refractivity contribution in [3.8, 4) is 0 Å². The zero-order chi connectivity index (χ0) is 14.4. The monoisotopic (exact) mass is 306 g/mol. The molecule has 8 heteroatoms. The highest BCUT2D eigenvalue weighted by Crippen LogP contribution is 2.30. The third kappa shape index (κ3) is 2.92. The van der Waals surface area contributed by atoms with Gasteiger partial charge in [-0.3, -0.25) is 9.69 Å². The molecule has 1 aromatic rings. The van der Waals surface area contributed by atoms with Gasteiger partial charge < -0.3 is 4.52 Å². The van der Waals surface area contributed by atoms with E-state index in [1.807, 2.05) is 20.8 Å². The zero-order valence-electron chi connectivity index (χ0n) is 10.9. The molecule has 2 rings (SSSR count). The molecule has 0 aliphatic carbocycles. The molecule has 1 aliphatic heterocycles. The molecule has 0 radical (unpaired) electrons. The maximum Gasteiger partial charge on any atom is 0.237 e. The van der Waals surface area contributed by atoms with Crippen molar-refractivity contribution in [2.45, 2.75) is 37.9 Å². The lowest BCUT2D eigenvalue weighted by atomic mass is 9.92. The summed E-state index contributed by atoms with van der Waals surface area (Å²) in [4.78, 5) is 13.1. The number of nitrogens with zero attached hydrogens (tertiary/aromatic N) is 2. The summed E-state index contributed by atoms with van der Waals surface area (Å²) >= 11 is 0. The van der Waals surface area contributed by atoms with Gasteiger partial charge >= 0.3 is 0 Å². The zero-order valence-corrected chi connectivity index (χ0v) is 12.5. The molecule has 1 saturated heterocycles. The average molecular weight is 307 g/mol. The van der Waals surface area contributed by atoms with Gasteiger partial charge in [0.15, 0.2) is 0 Å². The Morgan fingerprint density at radius 3 is 2.53 bits per heavy atom. The molecule has 1 fully saturated rings. The fourth-order valence-electron chi connectivity index (χ4n) is 1.82. The SMILES string of the molecule is CC(C)(C)c1cc(N2CC(S(=O)(=O)Cl)CC2=O)on1. The summed E-state index contributed by atoms with van der Waals surface area (Å²) in [6.45, 7) is 5.90. The van der Waals surface area contributed by atoms with E-state index in [4.69, 9.17) is 15.2 Å². The van der Waals surface area contributed by atoms with Crippen LogP contribution in [0, 0.1) is 0 Å². The third-order valence-corrected chi connectivity index (χ3v) is 4.89. The highest BCUT2D eigenvalue weighted by Gasteiger charge is 2.39. The standard InChI is InChI=1S/C11H15ClN2O4S/c1-11(2,3)8-5-10(18-13-8)14-6-7(4-9(14)15)19(12,16)17/h5,7H,4,6H2,1-3H3. The second-order valence-corrected chi connectivity index (χ2v) is 8.51. The van der Waals surface area contributed by atoms with Crippen molar-refractivity contribution in [2.24, 2.45) is 0 Å². The molecule has 6 nitrogen and oxygen atoms in total. The van der Waals surface area contributed by atoms with E-state index in [-0.39, 0.29) is 30.2 Å². The molecule has 1 unspecified atom stereocenters. The Balaban J connectivity index is 2.24. The number of amides is 1. The maximum absolute atomic E-state index is 11.8. The average Bonchev–Trinajstić information content (AvgIpc) is 2.80. The first-order chi connectivity index (χ1) is 8.59. The molecule has 0 spiro atoms. The Kier molecular flexibility index (Phi) is 3.38. The minimum atomic E-state index is -3.75. The lowest BCUT2D eigenvalue weighted by molar-refractivity contribution is -0.117. The Hall–Kier alpha value is -1.08. The molecule has 1 aliphatic rings. The lowest BCUT2D eigenvalue weighted by Crippen LogP contribution is -2.26. The van der Waals surface area contributed by atoms with E-state index in [9.17, 15) is 13.2 Å². The lowest BCUT2D eigenvalue weighted by Gasteiger charge is -2.13. The smallest absolute Gasteiger partial charge is 0.237 e. The van der Waals surface area contributed by atoms with Crippen LogP contribution in [-0.4, -0.2) is 31.3 Å². The van der Waals surface area contributed by atoms with Crippen LogP contribution >= 0.6 is 10.7 Å². The Morgan fingerprint density at radius 1 is 1.47 bits per heavy atom. The summed E-state index contributed by atoms with van der Waals surface area (Å²) in [7, 11) is 1.53. The number of halogens is 1. The van der Waals surface area contributed by atoms with Gasteiger partial charge in [-0.25, -0.2) is 8.42 Å². The molecular formula is C11H15ClN2O4S. The summed E-state index contributed by atoms with van der Waals surface area (Å²) in [6, 6.07) is 1.65. The van der Waals surface area contributed by atoms with Gasteiger partial charge in [0.25, 0.3) is 0 Å². The highest BCUT2D eigenvalue weighted by atomic mass is 35.7. The summed E-state index contributed by atoms with van der Waals surface area (Å²) in [6.07, 6.45) is -0.128. The maximum atomic E-state index is 11.8. The first-order valence-corrected chi connectivity index (χ1v) is 8.17. The molecular weight excluding hydrogens is 292 g/mol. The van der Waals surface area contributed by atoms with Crippen LogP contribution in [0.3, 0.4) is 0 Å². The van der Waals surface area contributed by atoms with Crippen molar-refractivity contribution in [1.29, 1.82) is 0 Å². The number of carbonyl (C=O) groups is 1. The summed E-state index contributed by atoms with van der Waals surface area (Å²) < 4.78 is 27.6. The van der Waals surface area contributed by atoms with Crippen molar-refractivity contribution in [3.05, 3.63) is 11.8 Å². The molecule has 1 atom stereocenters. The van der Waals surface area contributed by atoms with E-state index >= 15 is 0 Å². The van der Waals surface area contributed by atoms with Crippen LogP contribution in [0.15, 0.2) is 10.6 Å². The van der Waals surface area contributed by atoms with E-state index in [1.54, 1.807) is 6.07 Å². The van der Waals surface area contributed by atoms with E-state index in [0.717, 1.165) is 0 Å². The number of hydrogen-bond donors (Lipinski definition) is 0. The van der Waals surface area contributed by atoms with Crippen molar-refractivity contribution < 1.29 is 17.7 Å². The van der Waals surface area contributed by atoms with Gasteiger partial charge in [-0.15, -0.1) is 0 Å². The number of aromatic nitrogens is 1. The van der Waals surface area contributed by atoms with Crippen molar-refractivity contribution in [1.82, 2.24) is 5.16 Å². The van der Waals surface area contributed by atoms with E-state index in [2.05, 4.69) is 5.16 Å². The molecule has 0 N–H and O–H groups in total. The molecule has 106 valence electrons. The predicted molar refractivity (Wildman–Crippen MR) is 70.7 cm³/mol. The van der Waals surface area contributed by atoms with Gasteiger partial charge in [-0.05, 0) is 0 Å². The van der Waals surface area contributed by atoms with E-state index in [1.165, 1.54) is 4.90 Å². The van der Waals surface area contributed by atoms with Crippen molar-refractivity contribution in [3.63, 3.8) is 0 Å². The van der Waals surface area contributed by atoms with Gasteiger partial charge in [-0.2, -0.15) is 0 Å². The van der Waals surface area contributed by atoms with Crippen LogP contribution in [0.5, 0.6) is 0 Å². The van der Waals surface area contributed by atoms with E-state index < -0.39 is 14.3 Å². The van der Waals surface area contributed by atoms with E-state index in [0.29, 0.717) is 5.69 Å². The van der Waals surface area contributed by atoms with Crippen LogP contribution in [0.4, 0.5) is 5.88 Å². The minimum absolute atomic E-state index is 0.00342. The van der Waals surface area contributed by atoms with Gasteiger partial charge in [0.05, 0.1) is 5.69 Å². The van der Waals surface area contributed by atoms with Gasteiger partial charge in [0.2, 0.25) is 20.8 Å². The molecule has 19 heavy (non-hydrogen) atoms. The van der Waals surface area contributed by atoms with Crippen LogP contribution < -0.4 is 4.90 Å². The largest absolute Gasteiger partial charge is 0.338 e. The first kappa shape index (κ1) is 14.3. The predicted octanol–water partition coefficient (Wildman–Crippen LogP) is 1.65. The van der Waals surface area contributed by atoms with Crippen LogP contribution in [0.2, 0.25) is 0 Å². The molecule has 2 heterocycles. The molecule has 0 saturated carbocycles. The molecule has 1 amide bonds. The number of rotatable bonds is 2. The molecule has 1 aromatic heterocycles. The summed E-state index contributed by atoms with van der Waals surface area (Å²) in [5.41, 5.74) is 0.496.